The summed E-state index contributed by atoms with van der Waals surface area (Å²) >= 11 is 0. The Morgan fingerprint density at radius 3 is 2.55 bits per heavy atom. The van der Waals surface area contributed by atoms with Crippen molar-refractivity contribution in [2.75, 3.05) is 6.61 Å². The number of fused-ring (bicyclic) bond motifs is 5. The third kappa shape index (κ3) is 2.18. The summed E-state index contributed by atoms with van der Waals surface area (Å²) in [4.78, 5) is 24.2. The molecule has 0 saturated heterocycles. The second kappa shape index (κ2) is 6.03. The molecule has 0 aliphatic heterocycles. The Hall–Kier alpha value is -1.48. The molecule has 29 heavy (non-hydrogen) atoms. The van der Waals surface area contributed by atoms with Gasteiger partial charge in [0.15, 0.2) is 22.8 Å². The van der Waals surface area contributed by atoms with Crippen LogP contribution in [0.4, 0.5) is 8.78 Å². The van der Waals surface area contributed by atoms with Gasteiger partial charge in [-0.05, 0) is 37.8 Å². The number of rotatable bonds is 2. The fourth-order valence-corrected chi connectivity index (χ4v) is 6.79. The van der Waals surface area contributed by atoms with Crippen LogP contribution < -0.4 is 0 Å². The molecule has 3 saturated carbocycles. The number of allylic oxidation sites excluding steroid dienone is 4. The van der Waals surface area contributed by atoms with Crippen molar-refractivity contribution < 1.29 is 38.8 Å². The van der Waals surface area contributed by atoms with E-state index in [-0.39, 0.29) is 24.2 Å². The molecule has 3 fully saturated rings. The summed E-state index contributed by atoms with van der Waals surface area (Å²) in [6, 6.07) is 0. The zero-order chi connectivity index (χ0) is 21.6. The third-order valence-electron chi connectivity index (χ3n) is 8.40. The molecule has 0 bridgehead atoms. The highest BCUT2D eigenvalue weighted by molar-refractivity contribution is 6.01. The van der Waals surface area contributed by atoms with Gasteiger partial charge < -0.3 is 20.4 Å². The summed E-state index contributed by atoms with van der Waals surface area (Å²) in [7, 11) is 0. The summed E-state index contributed by atoms with van der Waals surface area (Å²) in [6.07, 6.45) is -2.24. The minimum atomic E-state index is -2.49. The lowest BCUT2D eigenvalue weighted by Gasteiger charge is -2.63. The normalized spacial score (nSPS) is 53.7. The van der Waals surface area contributed by atoms with Crippen LogP contribution in [0.5, 0.6) is 0 Å². The number of hydrogen-bond donors (Lipinski definition) is 4. The van der Waals surface area contributed by atoms with E-state index in [2.05, 4.69) is 0 Å². The highest BCUT2D eigenvalue weighted by atomic mass is 19.2. The zero-order valence-electron chi connectivity index (χ0n) is 16.3. The van der Waals surface area contributed by atoms with Gasteiger partial charge >= 0.3 is 0 Å². The van der Waals surface area contributed by atoms with Crippen LogP contribution in [-0.4, -0.2) is 68.2 Å². The Labute approximate surface area is 166 Å². The molecule has 0 aromatic heterocycles. The van der Waals surface area contributed by atoms with Crippen LogP contribution >= 0.6 is 0 Å². The highest BCUT2D eigenvalue weighted by Gasteiger charge is 2.77. The lowest BCUT2D eigenvalue weighted by molar-refractivity contribution is -0.233. The van der Waals surface area contributed by atoms with Gasteiger partial charge in [0.1, 0.15) is 12.8 Å². The van der Waals surface area contributed by atoms with E-state index in [1.807, 2.05) is 0 Å². The van der Waals surface area contributed by atoms with E-state index in [9.17, 15) is 30.0 Å². The maximum absolute atomic E-state index is 16.8. The molecular weight excluding hydrogens is 386 g/mol. The Balaban J connectivity index is 1.88. The van der Waals surface area contributed by atoms with Gasteiger partial charge in [0.05, 0.1) is 12.2 Å². The van der Waals surface area contributed by atoms with Crippen molar-refractivity contribution in [3.8, 4) is 0 Å². The average Bonchev–Trinajstić information content (AvgIpc) is 2.85. The van der Waals surface area contributed by atoms with Crippen LogP contribution in [0.2, 0.25) is 0 Å². The predicted octanol–water partition coefficient (Wildman–Crippen LogP) is 0.569. The molecule has 3 unspecified atom stereocenters. The number of carbonyl (C=O) groups excluding carboxylic acids is 2. The van der Waals surface area contributed by atoms with Gasteiger partial charge in [-0.3, -0.25) is 9.59 Å². The summed E-state index contributed by atoms with van der Waals surface area (Å²) in [5.41, 5.74) is -7.60. The van der Waals surface area contributed by atoms with Gasteiger partial charge in [0, 0.05) is 23.2 Å². The van der Waals surface area contributed by atoms with E-state index in [1.165, 1.54) is 32.1 Å². The van der Waals surface area contributed by atoms with Crippen molar-refractivity contribution in [2.45, 2.75) is 62.8 Å². The molecule has 0 radical (unpaired) electrons. The molecule has 6 nitrogen and oxygen atoms in total. The number of Topliss-reactive ketones (excluding diaryl/α,β-unsaturated/α-hetero) is 1. The molecule has 4 N–H and O–H groups in total. The first-order chi connectivity index (χ1) is 13.4. The molecule has 0 spiro atoms. The third-order valence-corrected chi connectivity index (χ3v) is 8.40. The maximum atomic E-state index is 16.8. The monoisotopic (exact) mass is 412 g/mol. The zero-order valence-corrected chi connectivity index (χ0v) is 16.3. The molecule has 9 atom stereocenters. The number of aliphatic hydroxyl groups is 4. The summed E-state index contributed by atoms with van der Waals surface area (Å²) < 4.78 is 32.2. The highest BCUT2D eigenvalue weighted by Crippen LogP contribution is 2.70. The Morgan fingerprint density at radius 2 is 1.93 bits per heavy atom. The Bertz CT molecular complexity index is 841. The molecule has 0 aromatic carbocycles. The van der Waals surface area contributed by atoms with Crippen LogP contribution in [0.15, 0.2) is 23.8 Å². The fourth-order valence-electron chi connectivity index (χ4n) is 6.79. The summed E-state index contributed by atoms with van der Waals surface area (Å²) in [5, 5.41) is 42.0. The van der Waals surface area contributed by atoms with Crippen LogP contribution in [0.25, 0.3) is 0 Å². The van der Waals surface area contributed by atoms with Gasteiger partial charge in [-0.15, -0.1) is 0 Å². The SMILES string of the molecule is C[C@]12C=CC(=O)C=C1CC(F)[C@H]1[C@@H]3CC(O)[C@](O)(C(=O)CO)[C@@]3(C)CC(O)[C@@]12F. The first kappa shape index (κ1) is 20.8. The second-order valence-corrected chi connectivity index (χ2v) is 9.46. The minimum Gasteiger partial charge on any atom is -0.390 e. The molecule has 4 aliphatic rings. The van der Waals surface area contributed by atoms with Crippen molar-refractivity contribution in [1.82, 2.24) is 0 Å². The molecular formula is C21H26F2O6. The molecule has 4 rings (SSSR count). The summed E-state index contributed by atoms with van der Waals surface area (Å²) in [6.45, 7) is 1.92. The topological polar surface area (TPSA) is 115 Å². The van der Waals surface area contributed by atoms with Gasteiger partial charge in [0.2, 0.25) is 0 Å². The molecule has 0 amide bonds. The van der Waals surface area contributed by atoms with Crippen molar-refractivity contribution in [2.24, 2.45) is 22.7 Å². The van der Waals surface area contributed by atoms with Crippen molar-refractivity contribution >= 4 is 11.6 Å². The standard InChI is InChI=1S/C21H26F2O6/c1-18-4-3-11(25)5-10(18)6-13(22)17-12-7-14(26)21(29,16(28)9-24)19(12,2)8-15(27)20(17,18)23/h3-5,12-15,17,24,26-27,29H,6-9H2,1-2H3/t12-,13?,14?,15?,17+,18-,19-,20+,21-/m0/s1. The van der Waals surface area contributed by atoms with Crippen LogP contribution in [-0.2, 0) is 9.59 Å². The predicted molar refractivity (Wildman–Crippen MR) is 97.1 cm³/mol. The van der Waals surface area contributed by atoms with E-state index in [0.717, 1.165) is 0 Å². The van der Waals surface area contributed by atoms with Gasteiger partial charge in [0.25, 0.3) is 0 Å². The molecule has 0 aromatic rings. The van der Waals surface area contributed by atoms with E-state index >= 15 is 8.78 Å². The van der Waals surface area contributed by atoms with Crippen LogP contribution in [0, 0.1) is 22.7 Å². The van der Waals surface area contributed by atoms with Gasteiger partial charge in [-0.2, -0.15) is 0 Å². The van der Waals surface area contributed by atoms with Crippen molar-refractivity contribution in [3.05, 3.63) is 23.8 Å². The average molecular weight is 412 g/mol. The number of carbonyl (C=O) groups is 2. The Morgan fingerprint density at radius 1 is 1.28 bits per heavy atom. The summed E-state index contributed by atoms with van der Waals surface area (Å²) in [5.74, 6) is -3.77. The lowest BCUT2D eigenvalue weighted by Crippen LogP contribution is -2.71. The van der Waals surface area contributed by atoms with E-state index in [4.69, 9.17) is 0 Å². The largest absolute Gasteiger partial charge is 0.390 e. The molecule has 160 valence electrons. The number of alkyl halides is 2. The molecule has 0 heterocycles. The number of hydrogen-bond acceptors (Lipinski definition) is 6. The van der Waals surface area contributed by atoms with Crippen LogP contribution in [0.1, 0.15) is 33.1 Å². The fraction of sp³-hybridized carbons (Fsp3) is 0.714. The van der Waals surface area contributed by atoms with Crippen molar-refractivity contribution in [1.29, 1.82) is 0 Å². The maximum Gasteiger partial charge on any atom is 0.192 e. The van der Waals surface area contributed by atoms with Gasteiger partial charge in [-0.1, -0.05) is 18.6 Å². The molecule has 4 aliphatic carbocycles. The van der Waals surface area contributed by atoms with E-state index in [1.54, 1.807) is 0 Å². The van der Waals surface area contributed by atoms with Crippen molar-refractivity contribution in [3.63, 3.8) is 0 Å². The van der Waals surface area contributed by atoms with Gasteiger partial charge in [-0.25, -0.2) is 8.78 Å². The Kier molecular flexibility index (Phi) is 4.32. The number of aliphatic hydroxyl groups excluding tert-OH is 3. The first-order valence-corrected chi connectivity index (χ1v) is 9.87. The van der Waals surface area contributed by atoms with Crippen LogP contribution in [0.3, 0.4) is 0 Å². The smallest absolute Gasteiger partial charge is 0.192 e. The number of ketones is 2. The molecule has 8 heteroatoms. The number of halogens is 2. The first-order valence-electron chi connectivity index (χ1n) is 9.87. The second-order valence-electron chi connectivity index (χ2n) is 9.46. The lowest BCUT2D eigenvalue weighted by atomic mass is 9.44. The van der Waals surface area contributed by atoms with E-state index < -0.39 is 71.1 Å². The quantitative estimate of drug-likeness (QED) is 0.527. The minimum absolute atomic E-state index is 0.218. The van der Waals surface area contributed by atoms with E-state index in [0.29, 0.717) is 0 Å².